The summed E-state index contributed by atoms with van der Waals surface area (Å²) in [6.07, 6.45) is 5.46. The third kappa shape index (κ3) is 5.01. The van der Waals surface area contributed by atoms with Crippen molar-refractivity contribution in [3.8, 4) is 0 Å². The van der Waals surface area contributed by atoms with Crippen LogP contribution < -0.4 is 5.32 Å². The fourth-order valence-electron chi connectivity index (χ4n) is 2.71. The first-order chi connectivity index (χ1) is 10.2. The first kappa shape index (κ1) is 15.8. The molecule has 1 saturated heterocycles. The molecule has 2 heterocycles. The maximum Gasteiger partial charge on any atom is 0.335 e. The Morgan fingerprint density at radius 2 is 2.14 bits per heavy atom. The van der Waals surface area contributed by atoms with Gasteiger partial charge in [0.05, 0.1) is 5.56 Å². The molecule has 0 saturated carbocycles. The van der Waals surface area contributed by atoms with Gasteiger partial charge in [-0.1, -0.05) is 13.3 Å². The zero-order valence-corrected chi connectivity index (χ0v) is 12.8. The number of aromatic nitrogens is 1. The number of carbonyl (C=O) groups is 1. The van der Waals surface area contributed by atoms with Crippen molar-refractivity contribution in [3.63, 3.8) is 0 Å². The van der Waals surface area contributed by atoms with Crippen molar-refractivity contribution in [2.24, 2.45) is 0 Å². The third-order valence-corrected chi connectivity index (χ3v) is 3.79. The van der Waals surface area contributed by atoms with Gasteiger partial charge in [0.15, 0.2) is 0 Å². The monoisotopic (exact) mass is 291 g/mol. The lowest BCUT2D eigenvalue weighted by atomic mass is 10.1. The fraction of sp³-hybridized carbons (Fsp3) is 0.625. The van der Waals surface area contributed by atoms with E-state index in [-0.39, 0.29) is 0 Å². The number of pyridine rings is 1. The first-order valence-corrected chi connectivity index (χ1v) is 7.89. The lowest BCUT2D eigenvalue weighted by Gasteiger charge is -2.14. The molecule has 2 N–H and O–H groups in total. The Balaban J connectivity index is 1.86. The molecule has 0 unspecified atom stereocenters. The zero-order valence-electron chi connectivity index (χ0n) is 12.8. The van der Waals surface area contributed by atoms with Crippen LogP contribution in [0.25, 0.3) is 0 Å². The van der Waals surface area contributed by atoms with Crippen LogP contribution in [0.1, 0.15) is 48.7 Å². The second-order valence-electron chi connectivity index (χ2n) is 5.62. The van der Waals surface area contributed by atoms with Gasteiger partial charge in [-0.05, 0) is 57.5 Å². The van der Waals surface area contributed by atoms with Crippen LogP contribution in [0.3, 0.4) is 0 Å². The predicted molar refractivity (Wildman–Crippen MR) is 84.0 cm³/mol. The molecule has 1 fully saturated rings. The Hall–Kier alpha value is -1.62. The minimum Gasteiger partial charge on any atom is -0.478 e. The smallest absolute Gasteiger partial charge is 0.335 e. The molecular weight excluding hydrogens is 266 g/mol. The van der Waals surface area contributed by atoms with Gasteiger partial charge >= 0.3 is 5.97 Å². The number of hydrogen-bond acceptors (Lipinski definition) is 4. The number of rotatable bonds is 8. The van der Waals surface area contributed by atoms with Crippen molar-refractivity contribution < 1.29 is 9.90 Å². The van der Waals surface area contributed by atoms with Crippen molar-refractivity contribution in [2.45, 2.75) is 39.0 Å². The standard InChI is InChI=1S/C16H25N3O2/c1-2-6-14-11-13(16(20)21)12-15(18-14)17-7-5-10-19-8-3-4-9-19/h11-12H,2-10H2,1H3,(H,17,18)(H,20,21). The molecule has 0 radical (unpaired) electrons. The Labute approximate surface area is 126 Å². The highest BCUT2D eigenvalue weighted by Gasteiger charge is 2.11. The molecule has 21 heavy (non-hydrogen) atoms. The molecule has 1 aliphatic heterocycles. The molecule has 1 aliphatic rings. The number of nitrogens with zero attached hydrogens (tertiary/aromatic N) is 2. The summed E-state index contributed by atoms with van der Waals surface area (Å²) in [4.78, 5) is 18.1. The van der Waals surface area contributed by atoms with Crippen LogP contribution in [0.4, 0.5) is 5.82 Å². The largest absolute Gasteiger partial charge is 0.478 e. The highest BCUT2D eigenvalue weighted by atomic mass is 16.4. The van der Waals surface area contributed by atoms with E-state index in [1.165, 1.54) is 25.9 Å². The van der Waals surface area contributed by atoms with E-state index in [1.807, 2.05) is 0 Å². The highest BCUT2D eigenvalue weighted by Crippen LogP contribution is 2.13. The molecule has 0 atom stereocenters. The Bertz CT molecular complexity index is 471. The zero-order chi connectivity index (χ0) is 15.1. The van der Waals surface area contributed by atoms with E-state index in [9.17, 15) is 4.79 Å². The molecular formula is C16H25N3O2. The number of anilines is 1. The van der Waals surface area contributed by atoms with Gasteiger partial charge in [0, 0.05) is 12.2 Å². The second kappa shape index (κ2) is 7.98. The molecule has 5 nitrogen and oxygen atoms in total. The molecule has 116 valence electrons. The van der Waals surface area contributed by atoms with E-state index in [2.05, 4.69) is 22.1 Å². The highest BCUT2D eigenvalue weighted by molar-refractivity contribution is 5.88. The third-order valence-electron chi connectivity index (χ3n) is 3.79. The number of hydrogen-bond donors (Lipinski definition) is 2. The molecule has 1 aromatic heterocycles. The SMILES string of the molecule is CCCc1cc(C(=O)O)cc(NCCCN2CCCC2)n1. The average Bonchev–Trinajstić information content (AvgIpc) is 2.97. The van der Waals surface area contributed by atoms with E-state index in [0.29, 0.717) is 11.4 Å². The van der Waals surface area contributed by atoms with Crippen LogP contribution in [0, 0.1) is 0 Å². The number of nitrogens with one attached hydrogen (secondary N) is 1. The minimum atomic E-state index is -0.894. The van der Waals surface area contributed by atoms with E-state index < -0.39 is 5.97 Å². The van der Waals surface area contributed by atoms with E-state index in [1.54, 1.807) is 12.1 Å². The average molecular weight is 291 g/mol. The Morgan fingerprint density at radius 3 is 2.81 bits per heavy atom. The van der Waals surface area contributed by atoms with Gasteiger partial charge in [0.2, 0.25) is 0 Å². The van der Waals surface area contributed by atoms with E-state index >= 15 is 0 Å². The van der Waals surface area contributed by atoms with Crippen LogP contribution in [0.15, 0.2) is 12.1 Å². The van der Waals surface area contributed by atoms with Gasteiger partial charge in [-0.25, -0.2) is 9.78 Å². The van der Waals surface area contributed by atoms with Crippen molar-refractivity contribution in [3.05, 3.63) is 23.4 Å². The topological polar surface area (TPSA) is 65.5 Å². The summed E-state index contributed by atoms with van der Waals surface area (Å²) in [7, 11) is 0. The maximum atomic E-state index is 11.2. The van der Waals surface area contributed by atoms with Crippen LogP contribution in [-0.2, 0) is 6.42 Å². The number of likely N-dealkylation sites (tertiary alicyclic amines) is 1. The maximum absolute atomic E-state index is 11.2. The summed E-state index contributed by atoms with van der Waals surface area (Å²) in [5.74, 6) is -0.213. The predicted octanol–water partition coefficient (Wildman–Crippen LogP) is 2.63. The van der Waals surface area contributed by atoms with Crippen molar-refractivity contribution in [2.75, 3.05) is 31.5 Å². The molecule has 0 bridgehead atoms. The molecule has 0 spiro atoms. The minimum absolute atomic E-state index is 0.315. The molecule has 0 amide bonds. The molecule has 5 heteroatoms. The lowest BCUT2D eigenvalue weighted by Crippen LogP contribution is -2.22. The molecule has 2 rings (SSSR count). The number of carboxylic acids is 1. The van der Waals surface area contributed by atoms with Crippen LogP contribution in [0.5, 0.6) is 0 Å². The summed E-state index contributed by atoms with van der Waals surface area (Å²) in [6, 6.07) is 3.29. The van der Waals surface area contributed by atoms with Crippen molar-refractivity contribution >= 4 is 11.8 Å². The Morgan fingerprint density at radius 1 is 1.38 bits per heavy atom. The van der Waals surface area contributed by atoms with Gasteiger partial charge < -0.3 is 15.3 Å². The fourth-order valence-corrected chi connectivity index (χ4v) is 2.71. The van der Waals surface area contributed by atoms with Gasteiger partial charge in [0.25, 0.3) is 0 Å². The second-order valence-corrected chi connectivity index (χ2v) is 5.62. The van der Waals surface area contributed by atoms with E-state index in [0.717, 1.165) is 38.0 Å². The molecule has 0 aromatic carbocycles. The van der Waals surface area contributed by atoms with Crippen LogP contribution in [-0.4, -0.2) is 47.1 Å². The van der Waals surface area contributed by atoms with Gasteiger partial charge in [-0.2, -0.15) is 0 Å². The van der Waals surface area contributed by atoms with Crippen molar-refractivity contribution in [1.29, 1.82) is 0 Å². The molecule has 1 aromatic rings. The normalized spacial score (nSPS) is 15.3. The number of aromatic carboxylic acids is 1. The summed E-state index contributed by atoms with van der Waals surface area (Å²) in [6.45, 7) is 6.44. The van der Waals surface area contributed by atoms with E-state index in [4.69, 9.17) is 5.11 Å². The summed E-state index contributed by atoms with van der Waals surface area (Å²) < 4.78 is 0. The van der Waals surface area contributed by atoms with Crippen LogP contribution >= 0.6 is 0 Å². The quantitative estimate of drug-likeness (QED) is 0.721. The number of carboxylic acid groups (broad SMARTS) is 1. The van der Waals surface area contributed by atoms with Gasteiger partial charge in [-0.15, -0.1) is 0 Å². The van der Waals surface area contributed by atoms with Gasteiger partial charge in [0.1, 0.15) is 5.82 Å². The van der Waals surface area contributed by atoms with Crippen LogP contribution in [0.2, 0.25) is 0 Å². The Kier molecular flexibility index (Phi) is 5.99. The number of aryl methyl sites for hydroxylation is 1. The molecule has 0 aliphatic carbocycles. The summed E-state index contributed by atoms with van der Waals surface area (Å²) in [5, 5.41) is 12.4. The van der Waals surface area contributed by atoms with Crippen molar-refractivity contribution in [1.82, 2.24) is 9.88 Å². The first-order valence-electron chi connectivity index (χ1n) is 7.89. The lowest BCUT2D eigenvalue weighted by molar-refractivity contribution is 0.0696. The summed E-state index contributed by atoms with van der Waals surface area (Å²) >= 11 is 0. The van der Waals surface area contributed by atoms with Gasteiger partial charge in [-0.3, -0.25) is 0 Å². The summed E-state index contributed by atoms with van der Waals surface area (Å²) in [5.41, 5.74) is 1.16.